The van der Waals surface area contributed by atoms with Crippen molar-refractivity contribution in [3.05, 3.63) is 0 Å². The van der Waals surface area contributed by atoms with Gasteiger partial charge in [0.25, 0.3) is 0 Å². The van der Waals surface area contributed by atoms with Crippen LogP contribution in [-0.4, -0.2) is 21.5 Å². The summed E-state index contributed by atoms with van der Waals surface area (Å²) in [4.78, 5) is 0. The molecule has 1 unspecified atom stereocenters. The second-order valence-electron chi connectivity index (χ2n) is 2.82. The maximum Gasteiger partial charge on any atom is 0.176 e. The van der Waals surface area contributed by atoms with Crippen molar-refractivity contribution in [3.8, 4) is 0 Å². The standard InChI is InChI=1S/C7H15ClOSi/c8-4-3-7-10-6-2-1-5-9-10/h10H,1-7H2. The van der Waals surface area contributed by atoms with E-state index < -0.39 is 9.04 Å². The molecule has 1 nitrogen and oxygen atoms in total. The lowest BCUT2D eigenvalue weighted by Gasteiger charge is -2.20. The Morgan fingerprint density at radius 3 is 2.90 bits per heavy atom. The molecule has 0 aliphatic carbocycles. The average molecular weight is 179 g/mol. The van der Waals surface area contributed by atoms with Crippen molar-refractivity contribution in [2.24, 2.45) is 0 Å². The minimum absolute atomic E-state index is 0.728. The molecule has 10 heavy (non-hydrogen) atoms. The highest BCUT2D eigenvalue weighted by Gasteiger charge is 2.14. The molecule has 0 saturated carbocycles. The second kappa shape index (κ2) is 5.16. The summed E-state index contributed by atoms with van der Waals surface area (Å²) in [5, 5.41) is 0. The SMILES string of the molecule is ClCCC[SiH]1CCCCO1. The van der Waals surface area contributed by atoms with Gasteiger partial charge < -0.3 is 4.43 Å². The van der Waals surface area contributed by atoms with E-state index in [0.717, 1.165) is 12.5 Å². The van der Waals surface area contributed by atoms with Crippen molar-refractivity contribution in [1.29, 1.82) is 0 Å². The molecule has 0 aromatic heterocycles. The summed E-state index contributed by atoms with van der Waals surface area (Å²) < 4.78 is 5.66. The van der Waals surface area contributed by atoms with Gasteiger partial charge in [-0.25, -0.2) is 0 Å². The minimum Gasteiger partial charge on any atom is -0.420 e. The molecule has 1 atom stereocenters. The average Bonchev–Trinajstić information content (AvgIpc) is 2.03. The summed E-state index contributed by atoms with van der Waals surface area (Å²) >= 11 is 5.59. The largest absolute Gasteiger partial charge is 0.420 e. The Bertz CT molecular complexity index is 83.7. The monoisotopic (exact) mass is 178 g/mol. The molecular weight excluding hydrogens is 164 g/mol. The lowest BCUT2D eigenvalue weighted by Crippen LogP contribution is -2.22. The third-order valence-corrected chi connectivity index (χ3v) is 5.01. The van der Waals surface area contributed by atoms with E-state index in [4.69, 9.17) is 16.0 Å². The molecule has 0 amide bonds. The quantitative estimate of drug-likeness (QED) is 0.476. The summed E-state index contributed by atoms with van der Waals surface area (Å²) in [6, 6.07) is 2.68. The van der Waals surface area contributed by atoms with Crippen LogP contribution in [0.5, 0.6) is 0 Å². The molecule has 3 heteroatoms. The van der Waals surface area contributed by atoms with Gasteiger partial charge in [0, 0.05) is 12.5 Å². The Morgan fingerprint density at radius 2 is 2.30 bits per heavy atom. The summed E-state index contributed by atoms with van der Waals surface area (Å²) in [7, 11) is -0.728. The topological polar surface area (TPSA) is 9.23 Å². The summed E-state index contributed by atoms with van der Waals surface area (Å²) in [6.45, 7) is 1.03. The van der Waals surface area contributed by atoms with Crippen molar-refractivity contribution in [2.75, 3.05) is 12.5 Å². The first-order chi connectivity index (χ1) is 4.93. The van der Waals surface area contributed by atoms with Gasteiger partial charge in [0.1, 0.15) is 0 Å². The fraction of sp³-hybridized carbons (Fsp3) is 1.00. The molecule has 0 aromatic rings. The molecule has 0 radical (unpaired) electrons. The van der Waals surface area contributed by atoms with Gasteiger partial charge >= 0.3 is 0 Å². The van der Waals surface area contributed by atoms with Crippen molar-refractivity contribution in [2.45, 2.75) is 31.4 Å². The van der Waals surface area contributed by atoms with E-state index in [1.54, 1.807) is 0 Å². The Balaban J connectivity index is 2.02. The predicted octanol–water partition coefficient (Wildman–Crippen LogP) is 2.15. The zero-order chi connectivity index (χ0) is 7.23. The summed E-state index contributed by atoms with van der Waals surface area (Å²) in [6.07, 6.45) is 3.85. The highest BCUT2D eigenvalue weighted by Crippen LogP contribution is 2.15. The van der Waals surface area contributed by atoms with Gasteiger partial charge in [-0.3, -0.25) is 0 Å². The Hall–Kier alpha value is 0.467. The van der Waals surface area contributed by atoms with Crippen LogP contribution < -0.4 is 0 Å². The Morgan fingerprint density at radius 1 is 1.40 bits per heavy atom. The normalized spacial score (nSPS) is 26.7. The number of rotatable bonds is 3. The van der Waals surface area contributed by atoms with E-state index in [9.17, 15) is 0 Å². The second-order valence-corrected chi connectivity index (χ2v) is 5.93. The lowest BCUT2D eigenvalue weighted by molar-refractivity contribution is 0.286. The van der Waals surface area contributed by atoms with Crippen LogP contribution in [0.4, 0.5) is 0 Å². The van der Waals surface area contributed by atoms with Crippen LogP contribution in [0.1, 0.15) is 19.3 Å². The number of hydrogen-bond donors (Lipinski definition) is 0. The molecule has 1 saturated heterocycles. The Kier molecular flexibility index (Phi) is 4.42. The van der Waals surface area contributed by atoms with Crippen LogP contribution >= 0.6 is 11.6 Å². The lowest BCUT2D eigenvalue weighted by atomic mass is 10.4. The molecule has 60 valence electrons. The third kappa shape index (κ3) is 3.04. The van der Waals surface area contributed by atoms with E-state index >= 15 is 0 Å². The summed E-state index contributed by atoms with van der Waals surface area (Å²) in [5.74, 6) is 0.812. The minimum atomic E-state index is -0.728. The van der Waals surface area contributed by atoms with Gasteiger partial charge in [-0.2, -0.15) is 0 Å². The maximum atomic E-state index is 5.66. The predicted molar refractivity (Wildman–Crippen MR) is 47.3 cm³/mol. The molecule has 1 aliphatic rings. The molecule has 1 aliphatic heterocycles. The van der Waals surface area contributed by atoms with E-state index in [-0.39, 0.29) is 0 Å². The van der Waals surface area contributed by atoms with Crippen molar-refractivity contribution >= 4 is 20.6 Å². The van der Waals surface area contributed by atoms with Crippen LogP contribution in [0, 0.1) is 0 Å². The maximum absolute atomic E-state index is 5.66. The molecule has 0 N–H and O–H groups in total. The van der Waals surface area contributed by atoms with Crippen LogP contribution in [0.2, 0.25) is 12.1 Å². The van der Waals surface area contributed by atoms with Gasteiger partial charge in [-0.1, -0.05) is 6.42 Å². The highest BCUT2D eigenvalue weighted by molar-refractivity contribution is 6.52. The van der Waals surface area contributed by atoms with Crippen LogP contribution in [-0.2, 0) is 4.43 Å². The highest BCUT2D eigenvalue weighted by atomic mass is 35.5. The molecular formula is C7H15ClOSi. The fourth-order valence-corrected chi connectivity index (χ4v) is 4.28. The van der Waals surface area contributed by atoms with Gasteiger partial charge in [-0.05, 0) is 24.9 Å². The first kappa shape index (κ1) is 8.56. The van der Waals surface area contributed by atoms with E-state index in [1.807, 2.05) is 0 Å². The first-order valence-electron chi connectivity index (χ1n) is 4.11. The molecule has 0 bridgehead atoms. The zero-order valence-electron chi connectivity index (χ0n) is 6.31. The van der Waals surface area contributed by atoms with Crippen LogP contribution in [0.3, 0.4) is 0 Å². The van der Waals surface area contributed by atoms with Crippen LogP contribution in [0.15, 0.2) is 0 Å². The van der Waals surface area contributed by atoms with Crippen molar-refractivity contribution < 1.29 is 4.43 Å². The van der Waals surface area contributed by atoms with E-state index in [0.29, 0.717) is 0 Å². The van der Waals surface area contributed by atoms with E-state index in [1.165, 1.54) is 31.4 Å². The van der Waals surface area contributed by atoms with E-state index in [2.05, 4.69) is 0 Å². The fourth-order valence-electron chi connectivity index (χ4n) is 1.34. The molecule has 0 spiro atoms. The van der Waals surface area contributed by atoms with Crippen molar-refractivity contribution in [1.82, 2.24) is 0 Å². The van der Waals surface area contributed by atoms with Gasteiger partial charge in [0.05, 0.1) is 0 Å². The van der Waals surface area contributed by atoms with Gasteiger partial charge in [0.2, 0.25) is 0 Å². The van der Waals surface area contributed by atoms with Gasteiger partial charge in [-0.15, -0.1) is 11.6 Å². The first-order valence-corrected chi connectivity index (χ1v) is 6.75. The van der Waals surface area contributed by atoms with Gasteiger partial charge in [0.15, 0.2) is 9.04 Å². The van der Waals surface area contributed by atoms with Crippen molar-refractivity contribution in [3.63, 3.8) is 0 Å². The number of alkyl halides is 1. The Labute approximate surface area is 69.4 Å². The molecule has 0 aromatic carbocycles. The number of hydrogen-bond acceptors (Lipinski definition) is 1. The number of halogens is 1. The zero-order valence-corrected chi connectivity index (χ0v) is 8.22. The molecule has 1 heterocycles. The molecule has 1 rings (SSSR count). The van der Waals surface area contributed by atoms with Crippen LogP contribution in [0.25, 0.3) is 0 Å². The third-order valence-electron chi connectivity index (χ3n) is 1.93. The smallest absolute Gasteiger partial charge is 0.176 e. The summed E-state index contributed by atoms with van der Waals surface area (Å²) in [5.41, 5.74) is 0. The molecule has 1 fully saturated rings.